The zero-order valence-corrected chi connectivity index (χ0v) is 18.6. The molecule has 1 aromatic heterocycles. The molecule has 3 aromatic rings. The standard InChI is InChI=1S/C22H23Cl2N3O3/c1-4-19(20-25-18-8-6-5-7-15(18)22(29)26(20)2)27(11-12-30-3)21(28)14-9-10-16(23)17(24)13-14/h5-10,13,19H,4,11-12H2,1-3H3. The van der Waals surface area contributed by atoms with E-state index in [2.05, 4.69) is 0 Å². The largest absolute Gasteiger partial charge is 0.383 e. The average molecular weight is 448 g/mol. The van der Waals surface area contributed by atoms with Crippen molar-refractivity contribution in [3.63, 3.8) is 0 Å². The second kappa shape index (κ2) is 9.60. The highest BCUT2D eigenvalue weighted by Crippen LogP contribution is 2.28. The van der Waals surface area contributed by atoms with Crippen molar-refractivity contribution in [1.29, 1.82) is 0 Å². The summed E-state index contributed by atoms with van der Waals surface area (Å²) in [6.07, 6.45) is 0.565. The van der Waals surface area contributed by atoms with E-state index in [1.807, 2.05) is 13.0 Å². The molecule has 0 fully saturated rings. The van der Waals surface area contributed by atoms with Gasteiger partial charge in [-0.1, -0.05) is 42.3 Å². The van der Waals surface area contributed by atoms with Crippen molar-refractivity contribution in [1.82, 2.24) is 14.5 Å². The van der Waals surface area contributed by atoms with Crippen molar-refractivity contribution < 1.29 is 9.53 Å². The lowest BCUT2D eigenvalue weighted by Crippen LogP contribution is -2.40. The molecule has 2 aromatic carbocycles. The predicted molar refractivity (Wildman–Crippen MR) is 119 cm³/mol. The number of ether oxygens (including phenoxy) is 1. The normalized spacial score (nSPS) is 12.2. The van der Waals surface area contributed by atoms with Gasteiger partial charge in [-0.25, -0.2) is 4.98 Å². The zero-order valence-electron chi connectivity index (χ0n) is 17.1. The number of nitrogens with zero attached hydrogens (tertiary/aromatic N) is 3. The summed E-state index contributed by atoms with van der Waals surface area (Å²) in [5.41, 5.74) is 0.857. The molecule has 0 bridgehead atoms. The van der Waals surface area contributed by atoms with Crippen molar-refractivity contribution in [2.45, 2.75) is 19.4 Å². The van der Waals surface area contributed by atoms with Crippen LogP contribution in [0.3, 0.4) is 0 Å². The lowest BCUT2D eigenvalue weighted by Gasteiger charge is -2.32. The minimum Gasteiger partial charge on any atom is -0.383 e. The molecule has 1 heterocycles. The molecule has 0 N–H and O–H groups in total. The van der Waals surface area contributed by atoms with Crippen LogP contribution in [0, 0.1) is 0 Å². The van der Waals surface area contributed by atoms with Gasteiger partial charge in [-0.05, 0) is 36.8 Å². The summed E-state index contributed by atoms with van der Waals surface area (Å²) in [5, 5.41) is 1.22. The molecule has 6 nitrogen and oxygen atoms in total. The first-order valence-corrected chi connectivity index (χ1v) is 10.3. The number of amides is 1. The number of methoxy groups -OCH3 is 1. The molecule has 0 saturated heterocycles. The van der Waals surface area contributed by atoms with Crippen LogP contribution in [0.4, 0.5) is 0 Å². The number of hydrogen-bond acceptors (Lipinski definition) is 4. The third kappa shape index (κ3) is 4.36. The van der Waals surface area contributed by atoms with Crippen LogP contribution in [-0.4, -0.2) is 40.6 Å². The lowest BCUT2D eigenvalue weighted by atomic mass is 10.1. The smallest absolute Gasteiger partial charge is 0.261 e. The molecule has 158 valence electrons. The van der Waals surface area contributed by atoms with Gasteiger partial charge in [0.05, 0.1) is 33.6 Å². The first-order chi connectivity index (χ1) is 14.4. The van der Waals surface area contributed by atoms with Crippen LogP contribution >= 0.6 is 23.2 Å². The van der Waals surface area contributed by atoms with Crippen molar-refractivity contribution in [3.05, 3.63) is 74.3 Å². The summed E-state index contributed by atoms with van der Waals surface area (Å²) in [4.78, 5) is 32.7. The molecular weight excluding hydrogens is 425 g/mol. The number of para-hydroxylation sites is 1. The van der Waals surface area contributed by atoms with Crippen LogP contribution < -0.4 is 5.56 Å². The summed E-state index contributed by atoms with van der Waals surface area (Å²) in [5.74, 6) is 0.283. The van der Waals surface area contributed by atoms with Crippen LogP contribution in [0.15, 0.2) is 47.3 Å². The molecule has 0 radical (unpaired) electrons. The van der Waals surface area contributed by atoms with Gasteiger partial charge in [-0.15, -0.1) is 0 Å². The number of benzene rings is 2. The van der Waals surface area contributed by atoms with Crippen LogP contribution in [-0.2, 0) is 11.8 Å². The number of halogens is 2. The average Bonchev–Trinajstić information content (AvgIpc) is 2.75. The Morgan fingerprint density at radius 2 is 1.93 bits per heavy atom. The Kier molecular flexibility index (Phi) is 7.13. The Bertz CT molecular complexity index is 1130. The number of aromatic nitrogens is 2. The van der Waals surface area contributed by atoms with E-state index in [1.165, 1.54) is 4.57 Å². The topological polar surface area (TPSA) is 64.4 Å². The van der Waals surface area contributed by atoms with Gasteiger partial charge in [0.1, 0.15) is 5.82 Å². The summed E-state index contributed by atoms with van der Waals surface area (Å²) in [7, 11) is 3.25. The number of rotatable bonds is 7. The van der Waals surface area contributed by atoms with Crippen LogP contribution in [0.1, 0.15) is 35.6 Å². The van der Waals surface area contributed by atoms with Crippen LogP contribution in [0.2, 0.25) is 10.0 Å². The molecule has 1 amide bonds. The van der Waals surface area contributed by atoms with Gasteiger partial charge in [0, 0.05) is 26.3 Å². The van der Waals surface area contributed by atoms with Crippen molar-refractivity contribution in [2.24, 2.45) is 7.05 Å². The number of hydrogen-bond donors (Lipinski definition) is 0. The van der Waals surface area contributed by atoms with Crippen LogP contribution in [0.5, 0.6) is 0 Å². The van der Waals surface area contributed by atoms with Gasteiger partial charge in [-0.3, -0.25) is 14.2 Å². The van der Waals surface area contributed by atoms with E-state index in [0.717, 1.165) is 0 Å². The second-order valence-corrected chi connectivity index (χ2v) is 7.71. The van der Waals surface area contributed by atoms with E-state index in [4.69, 9.17) is 32.9 Å². The molecule has 0 aliphatic rings. The highest BCUT2D eigenvalue weighted by molar-refractivity contribution is 6.42. The molecule has 1 atom stereocenters. The quantitative estimate of drug-likeness (QED) is 0.535. The second-order valence-electron chi connectivity index (χ2n) is 6.90. The van der Waals surface area contributed by atoms with Gasteiger partial charge in [-0.2, -0.15) is 0 Å². The molecule has 0 spiro atoms. The number of fused-ring (bicyclic) bond motifs is 1. The Balaban J connectivity index is 2.10. The highest BCUT2D eigenvalue weighted by atomic mass is 35.5. The fourth-order valence-electron chi connectivity index (χ4n) is 3.46. The number of carbonyl (C=O) groups is 1. The molecule has 3 rings (SSSR count). The van der Waals surface area contributed by atoms with Crippen LogP contribution in [0.25, 0.3) is 10.9 Å². The summed E-state index contributed by atoms with van der Waals surface area (Å²) in [6.45, 7) is 2.62. The molecule has 30 heavy (non-hydrogen) atoms. The molecule has 0 saturated carbocycles. The Morgan fingerprint density at radius 1 is 1.20 bits per heavy atom. The van der Waals surface area contributed by atoms with Gasteiger partial charge in [0.2, 0.25) is 0 Å². The van der Waals surface area contributed by atoms with E-state index in [-0.39, 0.29) is 11.5 Å². The maximum absolute atomic E-state index is 13.4. The van der Waals surface area contributed by atoms with Crippen molar-refractivity contribution in [3.8, 4) is 0 Å². The maximum atomic E-state index is 13.4. The minimum absolute atomic E-state index is 0.150. The Labute approximate surface area is 185 Å². The SMILES string of the molecule is CCC(c1nc2ccccc2c(=O)n1C)N(CCOC)C(=O)c1ccc(Cl)c(Cl)c1. The maximum Gasteiger partial charge on any atom is 0.261 e. The highest BCUT2D eigenvalue weighted by Gasteiger charge is 2.28. The zero-order chi connectivity index (χ0) is 21.8. The fraction of sp³-hybridized carbons (Fsp3) is 0.318. The van der Waals surface area contributed by atoms with Gasteiger partial charge < -0.3 is 9.64 Å². The minimum atomic E-state index is -0.426. The third-order valence-corrected chi connectivity index (χ3v) is 5.78. The molecule has 0 aliphatic heterocycles. The molecule has 1 unspecified atom stereocenters. The summed E-state index contributed by atoms with van der Waals surface area (Å²) >= 11 is 12.1. The first kappa shape index (κ1) is 22.3. The van der Waals surface area contributed by atoms with Gasteiger partial charge in [0.25, 0.3) is 11.5 Å². The van der Waals surface area contributed by atoms with Crippen molar-refractivity contribution in [2.75, 3.05) is 20.3 Å². The first-order valence-electron chi connectivity index (χ1n) is 9.59. The van der Waals surface area contributed by atoms with E-state index in [1.54, 1.807) is 55.5 Å². The number of carbonyl (C=O) groups excluding carboxylic acids is 1. The van der Waals surface area contributed by atoms with Gasteiger partial charge >= 0.3 is 0 Å². The molecule has 0 aliphatic carbocycles. The lowest BCUT2D eigenvalue weighted by molar-refractivity contribution is 0.0578. The van der Waals surface area contributed by atoms with Crippen molar-refractivity contribution >= 4 is 40.0 Å². The monoisotopic (exact) mass is 447 g/mol. The van der Waals surface area contributed by atoms with E-state index < -0.39 is 6.04 Å². The van der Waals surface area contributed by atoms with Gasteiger partial charge in [0.15, 0.2) is 0 Å². The van der Waals surface area contributed by atoms with E-state index in [0.29, 0.717) is 51.9 Å². The van der Waals surface area contributed by atoms with E-state index in [9.17, 15) is 9.59 Å². The Hall–Kier alpha value is -2.41. The summed E-state index contributed by atoms with van der Waals surface area (Å²) in [6, 6.07) is 11.5. The fourth-order valence-corrected chi connectivity index (χ4v) is 3.76. The Morgan fingerprint density at radius 3 is 2.60 bits per heavy atom. The van der Waals surface area contributed by atoms with E-state index >= 15 is 0 Å². The molecule has 8 heteroatoms. The predicted octanol–water partition coefficient (Wildman–Crippen LogP) is 4.48. The molecular formula is C22H23Cl2N3O3. The third-order valence-electron chi connectivity index (χ3n) is 5.04. The summed E-state index contributed by atoms with van der Waals surface area (Å²) < 4.78 is 6.74.